The number of hydrogen-bond acceptors (Lipinski definition) is 8. The molecule has 4 amide bonds. The number of alkyl halides is 3. The molecule has 58 heavy (non-hydrogen) atoms. The lowest BCUT2D eigenvalue weighted by Crippen LogP contribution is -2.52. The van der Waals surface area contributed by atoms with Gasteiger partial charge < -0.3 is 15.1 Å². The highest BCUT2D eigenvalue weighted by Crippen LogP contribution is 2.40. The molecule has 3 aliphatic rings. The van der Waals surface area contributed by atoms with Crippen molar-refractivity contribution in [2.45, 2.75) is 64.0 Å². The van der Waals surface area contributed by atoms with Crippen LogP contribution in [0.1, 0.15) is 79.9 Å². The van der Waals surface area contributed by atoms with E-state index in [1.807, 2.05) is 26.1 Å². The molecule has 5 heterocycles. The van der Waals surface area contributed by atoms with Crippen molar-refractivity contribution in [2.75, 3.05) is 30.4 Å². The van der Waals surface area contributed by atoms with E-state index in [2.05, 4.69) is 37.5 Å². The first kappa shape index (κ1) is 38.3. The number of halogens is 3. The number of carbonyl (C=O) groups is 4. The molecule has 3 aromatic carbocycles. The third-order valence-electron chi connectivity index (χ3n) is 11.1. The van der Waals surface area contributed by atoms with Crippen LogP contribution in [-0.4, -0.2) is 80.2 Å². The van der Waals surface area contributed by atoms with Gasteiger partial charge in [0.25, 0.3) is 11.8 Å². The molecule has 5 aromatic rings. The third kappa shape index (κ3) is 7.75. The van der Waals surface area contributed by atoms with Crippen LogP contribution in [0.15, 0.2) is 79.1 Å². The zero-order valence-electron chi connectivity index (χ0n) is 31.8. The minimum atomic E-state index is -4.66. The second-order valence-corrected chi connectivity index (χ2v) is 14.9. The van der Waals surface area contributed by atoms with E-state index in [-0.39, 0.29) is 47.8 Å². The standard InChI is InChI=1S/C43H39F3N8O4/c1-26-5-7-29(21-28(26)8-10-33-23-47-38-4-3-17-48-54(33)38)40(56)49-31-9-12-36(35(22-31)43(44,45)46)52-18-15-32(16-19-52)51(2)24-27-6-11-34-30(20-27)25-53(42(34)58)37-13-14-39(55)50-41(37)57/h3-7,9,11-12,17,20-23,32,37H,13-16,18-19,24-25H2,1-2H3,(H,49,56)(H,50,55,57). The zero-order chi connectivity index (χ0) is 40.7. The molecule has 0 aliphatic carbocycles. The van der Waals surface area contributed by atoms with E-state index in [0.717, 1.165) is 22.8 Å². The van der Waals surface area contributed by atoms with Crippen molar-refractivity contribution in [3.63, 3.8) is 0 Å². The summed E-state index contributed by atoms with van der Waals surface area (Å²) in [7, 11) is 1.98. The quantitative estimate of drug-likeness (QED) is 0.162. The van der Waals surface area contributed by atoms with Crippen molar-refractivity contribution in [1.29, 1.82) is 0 Å². The largest absolute Gasteiger partial charge is 0.418 e. The van der Waals surface area contributed by atoms with Gasteiger partial charge in [0.15, 0.2) is 5.65 Å². The van der Waals surface area contributed by atoms with Crippen LogP contribution < -0.4 is 15.5 Å². The summed E-state index contributed by atoms with van der Waals surface area (Å²) >= 11 is 0. The number of aromatic nitrogens is 3. The fourth-order valence-corrected chi connectivity index (χ4v) is 7.95. The fourth-order valence-electron chi connectivity index (χ4n) is 7.95. The molecule has 3 aliphatic heterocycles. The van der Waals surface area contributed by atoms with Gasteiger partial charge in [0, 0.05) is 72.9 Å². The highest BCUT2D eigenvalue weighted by Gasteiger charge is 2.40. The minimum absolute atomic E-state index is 0.0250. The minimum Gasteiger partial charge on any atom is -0.371 e. The van der Waals surface area contributed by atoms with E-state index in [1.54, 1.807) is 58.2 Å². The van der Waals surface area contributed by atoms with Gasteiger partial charge >= 0.3 is 6.18 Å². The first-order valence-corrected chi connectivity index (χ1v) is 19.0. The van der Waals surface area contributed by atoms with Gasteiger partial charge in [0.2, 0.25) is 11.8 Å². The maximum absolute atomic E-state index is 14.5. The summed E-state index contributed by atoms with van der Waals surface area (Å²) in [4.78, 5) is 60.2. The number of nitrogens with one attached hydrogen (secondary N) is 2. The molecule has 8 rings (SSSR count). The normalized spacial score (nSPS) is 17.3. The van der Waals surface area contributed by atoms with Crippen LogP contribution in [0.2, 0.25) is 0 Å². The molecule has 296 valence electrons. The van der Waals surface area contributed by atoms with Crippen LogP contribution in [0, 0.1) is 18.8 Å². The van der Waals surface area contributed by atoms with Gasteiger partial charge in [-0.25, -0.2) is 9.50 Å². The van der Waals surface area contributed by atoms with Gasteiger partial charge in [-0.2, -0.15) is 18.3 Å². The molecule has 12 nitrogen and oxygen atoms in total. The van der Waals surface area contributed by atoms with Gasteiger partial charge in [-0.15, -0.1) is 0 Å². The van der Waals surface area contributed by atoms with Crippen LogP contribution in [0.3, 0.4) is 0 Å². The Hall–Kier alpha value is -6.53. The molecule has 2 saturated heterocycles. The van der Waals surface area contributed by atoms with Crippen molar-refractivity contribution >= 4 is 40.7 Å². The number of anilines is 2. The van der Waals surface area contributed by atoms with Crippen LogP contribution in [0.4, 0.5) is 24.5 Å². The summed E-state index contributed by atoms with van der Waals surface area (Å²) in [5.41, 5.74) is 4.47. The van der Waals surface area contributed by atoms with Crippen molar-refractivity contribution in [2.24, 2.45) is 0 Å². The molecule has 1 unspecified atom stereocenters. The topological polar surface area (TPSA) is 132 Å². The number of carbonyl (C=O) groups excluding carboxylic acids is 4. The molecule has 2 N–H and O–H groups in total. The smallest absolute Gasteiger partial charge is 0.371 e. The Morgan fingerprint density at radius 1 is 1.00 bits per heavy atom. The second-order valence-electron chi connectivity index (χ2n) is 14.9. The van der Waals surface area contributed by atoms with Gasteiger partial charge in [-0.3, -0.25) is 29.4 Å². The zero-order valence-corrected chi connectivity index (χ0v) is 31.8. The predicted octanol–water partition coefficient (Wildman–Crippen LogP) is 5.57. The first-order valence-electron chi connectivity index (χ1n) is 19.0. The van der Waals surface area contributed by atoms with Crippen molar-refractivity contribution in [3.05, 3.63) is 124 Å². The average molecular weight is 789 g/mol. The van der Waals surface area contributed by atoms with Crippen molar-refractivity contribution in [3.8, 4) is 11.8 Å². The van der Waals surface area contributed by atoms with Crippen LogP contribution in [0.5, 0.6) is 0 Å². The summed E-state index contributed by atoms with van der Waals surface area (Å²) in [5, 5.41) is 9.22. The number of fused-ring (bicyclic) bond motifs is 2. The Labute approximate surface area is 332 Å². The van der Waals surface area contributed by atoms with E-state index in [9.17, 15) is 32.3 Å². The monoisotopic (exact) mass is 788 g/mol. The maximum Gasteiger partial charge on any atom is 0.418 e. The molecule has 15 heteroatoms. The Bertz CT molecular complexity index is 2530. The van der Waals surface area contributed by atoms with Crippen LogP contribution >= 0.6 is 0 Å². The number of amides is 4. The summed E-state index contributed by atoms with van der Waals surface area (Å²) in [5.74, 6) is 4.52. The Kier molecular flexibility index (Phi) is 10.2. The summed E-state index contributed by atoms with van der Waals surface area (Å²) in [6.07, 6.45) is 0.311. The van der Waals surface area contributed by atoms with E-state index >= 15 is 0 Å². The number of nitrogens with zero attached hydrogens (tertiary/aromatic N) is 6. The lowest BCUT2D eigenvalue weighted by Gasteiger charge is -2.39. The lowest BCUT2D eigenvalue weighted by molar-refractivity contribution is -0.138. The van der Waals surface area contributed by atoms with E-state index < -0.39 is 29.6 Å². The van der Waals surface area contributed by atoms with Crippen LogP contribution in [0.25, 0.3) is 5.65 Å². The van der Waals surface area contributed by atoms with Gasteiger partial charge in [-0.05, 0) is 104 Å². The fraction of sp³-hybridized carbons (Fsp3) is 0.302. The van der Waals surface area contributed by atoms with Crippen molar-refractivity contribution in [1.82, 2.24) is 29.7 Å². The van der Waals surface area contributed by atoms with Crippen LogP contribution in [-0.2, 0) is 28.9 Å². The molecule has 2 aromatic heterocycles. The van der Waals surface area contributed by atoms with E-state index in [4.69, 9.17) is 0 Å². The molecule has 1 atom stereocenters. The van der Waals surface area contributed by atoms with Gasteiger partial charge in [0.05, 0.1) is 11.8 Å². The second kappa shape index (κ2) is 15.4. The third-order valence-corrected chi connectivity index (χ3v) is 11.1. The summed E-state index contributed by atoms with van der Waals surface area (Å²) < 4.78 is 45.2. The molecular weight excluding hydrogens is 750 g/mol. The number of imide groups is 1. The number of imidazole rings is 1. The summed E-state index contributed by atoms with van der Waals surface area (Å²) in [6, 6.07) is 17.5. The van der Waals surface area contributed by atoms with Crippen molar-refractivity contribution < 1.29 is 32.3 Å². The number of aryl methyl sites for hydroxylation is 1. The van der Waals surface area contributed by atoms with Gasteiger partial charge in [0.1, 0.15) is 11.7 Å². The number of rotatable bonds is 7. The van der Waals surface area contributed by atoms with Gasteiger partial charge in [-0.1, -0.05) is 24.1 Å². The molecule has 0 bridgehead atoms. The predicted molar refractivity (Wildman–Crippen MR) is 209 cm³/mol. The first-order chi connectivity index (χ1) is 27.8. The molecule has 0 radical (unpaired) electrons. The van der Waals surface area contributed by atoms with E-state index in [0.29, 0.717) is 61.4 Å². The highest BCUT2D eigenvalue weighted by atomic mass is 19.4. The highest BCUT2D eigenvalue weighted by molar-refractivity contribution is 6.06. The Balaban J connectivity index is 0.900. The number of benzene rings is 3. The summed E-state index contributed by atoms with van der Waals surface area (Å²) in [6.45, 7) is 3.52. The molecular formula is C43H39F3N8O4. The molecule has 2 fully saturated rings. The lowest BCUT2D eigenvalue weighted by atomic mass is 10.00. The Morgan fingerprint density at radius 3 is 2.59 bits per heavy atom. The molecule has 0 spiro atoms. The maximum atomic E-state index is 14.5. The molecule has 0 saturated carbocycles. The number of hydrogen-bond donors (Lipinski definition) is 2. The average Bonchev–Trinajstić information content (AvgIpc) is 3.77. The Morgan fingerprint density at radius 2 is 1.81 bits per heavy atom. The number of piperidine rings is 2. The van der Waals surface area contributed by atoms with E-state index in [1.165, 1.54) is 17.0 Å². The SMILES string of the molecule is Cc1ccc(C(=O)Nc2ccc(N3CCC(N(C)Cc4ccc5c(c4)CN(C4CCC(=O)NC4=O)C5=O)CC3)c(C(F)(F)F)c2)cc1C#Cc1cnc2cccnn12.